The van der Waals surface area contributed by atoms with Crippen molar-refractivity contribution in [2.75, 3.05) is 12.4 Å². The van der Waals surface area contributed by atoms with Crippen LogP contribution >= 0.6 is 11.8 Å². The van der Waals surface area contributed by atoms with Crippen LogP contribution in [0.1, 0.15) is 22.8 Å². The third-order valence-corrected chi connectivity index (χ3v) is 5.59. The van der Waals surface area contributed by atoms with Crippen LogP contribution < -0.4 is 10.4 Å². The molecule has 1 aromatic carbocycles. The fourth-order valence-electron chi connectivity index (χ4n) is 2.89. The third kappa shape index (κ3) is 3.57. The number of carboxylic acid groups (broad SMARTS) is 1. The van der Waals surface area contributed by atoms with Gasteiger partial charge in [-0.3, -0.25) is 19.3 Å². The first-order valence-corrected chi connectivity index (χ1v) is 9.20. The number of carboxylic acids is 1. The van der Waals surface area contributed by atoms with Crippen molar-refractivity contribution in [3.8, 4) is 6.07 Å². The zero-order valence-corrected chi connectivity index (χ0v) is 15.4. The molecule has 1 aromatic rings. The van der Waals surface area contributed by atoms with Crippen molar-refractivity contribution in [3.63, 3.8) is 0 Å². The number of aliphatic carboxylic acids is 1. The smallest absolute Gasteiger partial charge is 0.302 e. The largest absolute Gasteiger partial charge is 0.543 e. The minimum Gasteiger partial charge on any atom is -0.543 e. The molecule has 0 unspecified atom stereocenters. The predicted octanol–water partition coefficient (Wildman–Crippen LogP) is -0.861. The summed E-state index contributed by atoms with van der Waals surface area (Å²) in [5.74, 6) is -2.99. The minimum atomic E-state index is -1.54. The number of rotatable bonds is 5. The molecule has 3 rings (SSSR count). The molecule has 2 heterocycles. The quantitative estimate of drug-likeness (QED) is 0.497. The molecule has 0 radical (unpaired) electrons. The Balaban J connectivity index is 1.74. The molecule has 144 valence electrons. The number of nitrogens with one attached hydrogen (secondary N) is 1. The van der Waals surface area contributed by atoms with Gasteiger partial charge in [0.15, 0.2) is 0 Å². The number of hydrogen-bond donors (Lipinski definition) is 1. The van der Waals surface area contributed by atoms with Crippen molar-refractivity contribution in [1.82, 2.24) is 10.2 Å². The van der Waals surface area contributed by atoms with Gasteiger partial charge in [-0.25, -0.2) is 0 Å². The van der Waals surface area contributed by atoms with Gasteiger partial charge in [0.2, 0.25) is 0 Å². The highest BCUT2D eigenvalue weighted by molar-refractivity contribution is 8.00. The molecule has 0 spiro atoms. The van der Waals surface area contributed by atoms with E-state index >= 15 is 0 Å². The minimum absolute atomic E-state index is 0.217. The van der Waals surface area contributed by atoms with Gasteiger partial charge in [-0.2, -0.15) is 5.26 Å². The number of thioether (sulfide) groups is 1. The van der Waals surface area contributed by atoms with Gasteiger partial charge in [0, 0.05) is 23.8 Å². The van der Waals surface area contributed by atoms with Crippen LogP contribution in [0.2, 0.25) is 0 Å². The van der Waals surface area contributed by atoms with Crippen molar-refractivity contribution in [1.29, 1.82) is 5.26 Å². The van der Waals surface area contributed by atoms with E-state index < -0.39 is 35.2 Å². The van der Waals surface area contributed by atoms with Crippen molar-refractivity contribution >= 4 is 35.5 Å². The summed E-state index contributed by atoms with van der Waals surface area (Å²) in [7, 11) is 0. The van der Waals surface area contributed by atoms with E-state index in [-0.39, 0.29) is 29.2 Å². The van der Waals surface area contributed by atoms with Crippen LogP contribution in [0.5, 0.6) is 0 Å². The number of esters is 1. The molecular formula is C18H14N3O6S-. The van der Waals surface area contributed by atoms with Crippen LogP contribution in [-0.4, -0.2) is 52.4 Å². The number of hydrogen-bond acceptors (Lipinski definition) is 8. The first-order chi connectivity index (χ1) is 13.3. The lowest BCUT2D eigenvalue weighted by Crippen LogP contribution is -2.71. The molecule has 9 nitrogen and oxygen atoms in total. The van der Waals surface area contributed by atoms with E-state index in [1.807, 2.05) is 6.07 Å². The highest BCUT2D eigenvalue weighted by Gasteiger charge is 2.52. The Kier molecular flexibility index (Phi) is 5.37. The Labute approximate surface area is 163 Å². The van der Waals surface area contributed by atoms with E-state index in [1.165, 1.54) is 43.0 Å². The van der Waals surface area contributed by atoms with Crippen molar-refractivity contribution < 1.29 is 29.0 Å². The molecule has 0 aliphatic carbocycles. The van der Waals surface area contributed by atoms with E-state index in [0.717, 1.165) is 4.90 Å². The van der Waals surface area contributed by atoms with Crippen LogP contribution in [0, 0.1) is 11.3 Å². The van der Waals surface area contributed by atoms with E-state index in [2.05, 4.69) is 5.32 Å². The van der Waals surface area contributed by atoms with Gasteiger partial charge in [0.05, 0.1) is 23.3 Å². The van der Waals surface area contributed by atoms with Crippen LogP contribution in [0.15, 0.2) is 35.5 Å². The molecule has 1 fully saturated rings. The van der Waals surface area contributed by atoms with E-state index in [0.29, 0.717) is 5.56 Å². The summed E-state index contributed by atoms with van der Waals surface area (Å²) >= 11 is 1.26. The maximum atomic E-state index is 12.5. The van der Waals surface area contributed by atoms with Crippen LogP contribution in [0.3, 0.4) is 0 Å². The summed E-state index contributed by atoms with van der Waals surface area (Å²) in [5, 5.41) is 22.3. The Hall–Kier alpha value is -3.32. The molecule has 2 amide bonds. The van der Waals surface area contributed by atoms with Gasteiger partial charge >= 0.3 is 5.97 Å². The van der Waals surface area contributed by atoms with Gasteiger partial charge in [-0.1, -0.05) is 0 Å². The first-order valence-electron chi connectivity index (χ1n) is 8.16. The molecule has 1 saturated heterocycles. The van der Waals surface area contributed by atoms with Crippen molar-refractivity contribution in [2.45, 2.75) is 18.3 Å². The molecule has 0 aromatic heterocycles. The second-order valence-corrected chi connectivity index (χ2v) is 7.17. The summed E-state index contributed by atoms with van der Waals surface area (Å²) in [6.07, 6.45) is 0. The lowest BCUT2D eigenvalue weighted by Gasteiger charge is -2.50. The molecular weight excluding hydrogens is 386 g/mol. The van der Waals surface area contributed by atoms with E-state index in [4.69, 9.17) is 10.00 Å². The molecule has 0 bridgehead atoms. The number of amides is 2. The molecule has 2 aliphatic rings. The number of ether oxygens (including phenoxy) is 1. The van der Waals surface area contributed by atoms with Crippen LogP contribution in [0.4, 0.5) is 0 Å². The lowest BCUT2D eigenvalue weighted by molar-refractivity contribution is -0.301. The Morgan fingerprint density at radius 3 is 2.61 bits per heavy atom. The molecule has 28 heavy (non-hydrogen) atoms. The molecule has 1 N–H and O–H groups in total. The number of nitriles is 1. The number of nitrogens with zero attached hydrogens (tertiary/aromatic N) is 2. The second-order valence-electron chi connectivity index (χ2n) is 6.07. The first kappa shape index (κ1) is 19.4. The average Bonchev–Trinajstić information content (AvgIpc) is 2.69. The molecule has 2 atom stereocenters. The molecule has 2 aliphatic heterocycles. The maximum Gasteiger partial charge on any atom is 0.302 e. The standard InChI is InChI=1S/C18H15N3O6S/c1-9(22)27-7-12-8-28-17-13(16(24)21(17)14(12)18(25)26)20-15(23)11-4-2-10(6-19)3-5-11/h2-5,13,17H,7-8H2,1H3,(H,20,23)(H,25,26)/p-1/t13-,17+/m1/s1. The third-order valence-electron chi connectivity index (χ3n) is 4.25. The normalized spacial score (nSPS) is 20.6. The number of benzene rings is 1. The second kappa shape index (κ2) is 7.74. The Morgan fingerprint density at radius 2 is 2.04 bits per heavy atom. The summed E-state index contributed by atoms with van der Waals surface area (Å²) < 4.78 is 4.84. The number of carbonyl (C=O) groups is 4. The van der Waals surface area contributed by atoms with Gasteiger partial charge in [-0.05, 0) is 24.3 Å². The maximum absolute atomic E-state index is 12.5. The summed E-state index contributed by atoms with van der Waals surface area (Å²) in [5.41, 5.74) is 0.618. The zero-order valence-electron chi connectivity index (χ0n) is 14.6. The van der Waals surface area contributed by atoms with E-state index in [9.17, 15) is 24.3 Å². The summed E-state index contributed by atoms with van der Waals surface area (Å²) in [6.45, 7) is 0.950. The lowest BCUT2D eigenvalue weighted by atomic mass is 10.0. The topological polar surface area (TPSA) is 140 Å². The van der Waals surface area contributed by atoms with Gasteiger partial charge in [0.25, 0.3) is 11.8 Å². The van der Waals surface area contributed by atoms with E-state index in [1.54, 1.807) is 0 Å². The zero-order chi connectivity index (χ0) is 20.4. The van der Waals surface area contributed by atoms with Gasteiger partial charge in [-0.15, -0.1) is 11.8 Å². The number of fused-ring (bicyclic) bond motifs is 1. The monoisotopic (exact) mass is 400 g/mol. The summed E-state index contributed by atoms with van der Waals surface area (Å²) in [6, 6.07) is 6.95. The predicted molar refractivity (Wildman–Crippen MR) is 94.2 cm³/mol. The Morgan fingerprint density at radius 1 is 1.36 bits per heavy atom. The SMILES string of the molecule is CC(=O)OCC1=C(C(=O)[O-])N2C(=O)[C@@H](NC(=O)c3ccc(C#N)cc3)[C@@H]2SC1. The average molecular weight is 400 g/mol. The fraction of sp³-hybridized carbons (Fsp3) is 0.278. The van der Waals surface area contributed by atoms with Gasteiger partial charge in [0.1, 0.15) is 18.0 Å². The highest BCUT2D eigenvalue weighted by atomic mass is 32.2. The molecule has 10 heteroatoms. The fourth-order valence-corrected chi connectivity index (χ4v) is 4.22. The van der Waals surface area contributed by atoms with Crippen LogP contribution in [0.25, 0.3) is 0 Å². The highest BCUT2D eigenvalue weighted by Crippen LogP contribution is 2.40. The van der Waals surface area contributed by atoms with Crippen LogP contribution in [-0.2, 0) is 19.1 Å². The number of carbonyl (C=O) groups excluding carboxylic acids is 4. The molecule has 0 saturated carbocycles. The Bertz CT molecular complexity index is 934. The number of β-lactam (4-membered cyclic amide) rings is 1. The van der Waals surface area contributed by atoms with Gasteiger partial charge < -0.3 is 20.0 Å². The summed E-state index contributed by atoms with van der Waals surface area (Å²) in [4.78, 5) is 48.4. The van der Waals surface area contributed by atoms with Crippen molar-refractivity contribution in [3.05, 3.63) is 46.7 Å². The van der Waals surface area contributed by atoms with Crippen molar-refractivity contribution in [2.24, 2.45) is 0 Å².